The fourth-order valence-corrected chi connectivity index (χ4v) is 2.26. The molecule has 2 aromatic carbocycles. The van der Waals surface area contributed by atoms with E-state index in [4.69, 9.17) is 5.73 Å². The van der Waals surface area contributed by atoms with Gasteiger partial charge < -0.3 is 16.5 Å². The molecule has 0 aliphatic carbocycles. The maximum atomic E-state index is 6.15. The van der Waals surface area contributed by atoms with E-state index < -0.39 is 0 Å². The third-order valence-corrected chi connectivity index (χ3v) is 3.26. The second-order valence-corrected chi connectivity index (χ2v) is 5.14. The summed E-state index contributed by atoms with van der Waals surface area (Å²) in [5.41, 5.74) is 10.6. The van der Waals surface area contributed by atoms with Gasteiger partial charge in [0.1, 0.15) is 12.0 Å². The lowest BCUT2D eigenvalue weighted by Gasteiger charge is -2.16. The summed E-state index contributed by atoms with van der Waals surface area (Å²) in [5.74, 6) is 1.15. The number of hydrogen-bond acceptors (Lipinski definition) is 6. The van der Waals surface area contributed by atoms with E-state index in [2.05, 4.69) is 38.9 Å². The van der Waals surface area contributed by atoms with Gasteiger partial charge in [0.2, 0.25) is 0 Å². The highest BCUT2D eigenvalue weighted by Crippen LogP contribution is 2.29. The van der Waals surface area contributed by atoms with Crippen molar-refractivity contribution >= 4 is 33.8 Å². The Kier molecular flexibility index (Phi) is 3.76. The normalized spacial score (nSPS) is 10.9. The summed E-state index contributed by atoms with van der Waals surface area (Å²) in [7, 11) is 3.75. The third kappa shape index (κ3) is 2.77. The maximum Gasteiger partial charge on any atom is 0.169 e. The highest BCUT2D eigenvalue weighted by molar-refractivity contribution is 5.96. The van der Waals surface area contributed by atoms with E-state index in [0.717, 1.165) is 16.5 Å². The van der Waals surface area contributed by atoms with Gasteiger partial charge in [-0.1, -0.05) is 36.4 Å². The number of fused-ring (bicyclic) bond motifs is 1. The summed E-state index contributed by atoms with van der Waals surface area (Å²) < 4.78 is 0. The molecule has 1 aromatic heterocycles. The van der Waals surface area contributed by atoms with Crippen molar-refractivity contribution in [3.05, 3.63) is 48.8 Å². The minimum Gasteiger partial charge on any atom is -0.393 e. The van der Waals surface area contributed by atoms with E-state index in [0.29, 0.717) is 17.3 Å². The number of nitrogens with zero attached hydrogens (tertiary/aromatic N) is 3. The standard InChI is InChI=1S/C16H18N6/c1-22(2)21-16-14(17)15(18-10-19-16)20-13-9-5-7-11-6-3-4-8-12(11)13/h3-10H,17H2,1-2H3,(H2,18,19,20,21). The zero-order valence-electron chi connectivity index (χ0n) is 12.5. The van der Waals surface area contributed by atoms with Crippen LogP contribution < -0.4 is 16.5 Å². The Morgan fingerprint density at radius 2 is 1.68 bits per heavy atom. The van der Waals surface area contributed by atoms with Gasteiger partial charge in [-0.05, 0) is 11.5 Å². The molecular formula is C16H18N6. The molecular weight excluding hydrogens is 276 g/mol. The van der Waals surface area contributed by atoms with Gasteiger partial charge in [-0.15, -0.1) is 0 Å². The first kappa shape index (κ1) is 14.1. The fourth-order valence-electron chi connectivity index (χ4n) is 2.26. The first-order chi connectivity index (χ1) is 10.6. The summed E-state index contributed by atoms with van der Waals surface area (Å²) in [6, 6.07) is 14.2. The van der Waals surface area contributed by atoms with Crippen LogP contribution in [0.3, 0.4) is 0 Å². The minimum atomic E-state index is 0.476. The molecule has 6 nitrogen and oxygen atoms in total. The average Bonchev–Trinajstić information content (AvgIpc) is 2.51. The van der Waals surface area contributed by atoms with Crippen molar-refractivity contribution in [2.75, 3.05) is 30.6 Å². The molecule has 0 spiro atoms. The van der Waals surface area contributed by atoms with Crippen LogP contribution in [0.15, 0.2) is 48.8 Å². The Morgan fingerprint density at radius 3 is 2.50 bits per heavy atom. The fraction of sp³-hybridized carbons (Fsp3) is 0.125. The third-order valence-electron chi connectivity index (χ3n) is 3.26. The predicted octanol–water partition coefficient (Wildman–Crippen LogP) is 2.84. The van der Waals surface area contributed by atoms with E-state index in [1.165, 1.54) is 6.33 Å². The average molecular weight is 294 g/mol. The molecule has 4 N–H and O–H groups in total. The van der Waals surface area contributed by atoms with Crippen LogP contribution in [0.4, 0.5) is 23.0 Å². The van der Waals surface area contributed by atoms with Gasteiger partial charge in [0.05, 0.1) is 0 Å². The largest absolute Gasteiger partial charge is 0.393 e. The summed E-state index contributed by atoms with van der Waals surface area (Å²) in [4.78, 5) is 8.40. The molecule has 0 aliphatic heterocycles. The lowest BCUT2D eigenvalue weighted by atomic mass is 10.1. The van der Waals surface area contributed by atoms with Crippen molar-refractivity contribution in [3.63, 3.8) is 0 Å². The number of hydrazine groups is 1. The SMILES string of the molecule is CN(C)Nc1ncnc(Nc2cccc3ccccc23)c1N. The van der Waals surface area contributed by atoms with Gasteiger partial charge in [0, 0.05) is 25.2 Å². The molecule has 3 rings (SSSR count). The highest BCUT2D eigenvalue weighted by Gasteiger charge is 2.10. The first-order valence-corrected chi connectivity index (χ1v) is 6.94. The Balaban J connectivity index is 1.99. The quantitative estimate of drug-likeness (QED) is 0.642. The molecule has 0 atom stereocenters. The topological polar surface area (TPSA) is 79.1 Å². The van der Waals surface area contributed by atoms with Crippen molar-refractivity contribution in [1.29, 1.82) is 0 Å². The Hall–Kier alpha value is -2.86. The lowest BCUT2D eigenvalue weighted by Crippen LogP contribution is -2.21. The Morgan fingerprint density at radius 1 is 0.955 bits per heavy atom. The molecule has 112 valence electrons. The molecule has 0 amide bonds. The zero-order valence-corrected chi connectivity index (χ0v) is 12.5. The van der Waals surface area contributed by atoms with Crippen LogP contribution in [-0.2, 0) is 0 Å². The van der Waals surface area contributed by atoms with Gasteiger partial charge in [-0.2, -0.15) is 0 Å². The van der Waals surface area contributed by atoms with E-state index in [1.807, 2.05) is 38.4 Å². The summed E-state index contributed by atoms with van der Waals surface area (Å²) in [6.45, 7) is 0. The van der Waals surface area contributed by atoms with E-state index in [-0.39, 0.29) is 0 Å². The predicted molar refractivity (Wildman–Crippen MR) is 91.0 cm³/mol. The molecule has 3 aromatic rings. The molecule has 22 heavy (non-hydrogen) atoms. The number of nitrogen functional groups attached to an aromatic ring is 1. The van der Waals surface area contributed by atoms with Gasteiger partial charge in [-0.3, -0.25) is 0 Å². The molecule has 0 radical (unpaired) electrons. The molecule has 0 fully saturated rings. The number of hydrogen-bond donors (Lipinski definition) is 3. The zero-order chi connectivity index (χ0) is 15.5. The lowest BCUT2D eigenvalue weighted by molar-refractivity contribution is 0.492. The van der Waals surface area contributed by atoms with E-state index >= 15 is 0 Å². The molecule has 0 saturated carbocycles. The Labute approximate surface area is 129 Å². The molecule has 6 heteroatoms. The first-order valence-electron chi connectivity index (χ1n) is 6.94. The number of nitrogens with two attached hydrogens (primary N) is 1. The number of rotatable bonds is 4. The van der Waals surface area contributed by atoms with Crippen LogP contribution in [0.25, 0.3) is 10.8 Å². The molecule has 1 heterocycles. The van der Waals surface area contributed by atoms with Crippen LogP contribution in [0.2, 0.25) is 0 Å². The van der Waals surface area contributed by atoms with E-state index in [9.17, 15) is 0 Å². The highest BCUT2D eigenvalue weighted by atomic mass is 15.5. The van der Waals surface area contributed by atoms with Gasteiger partial charge in [0.15, 0.2) is 11.6 Å². The van der Waals surface area contributed by atoms with Crippen LogP contribution in [0, 0.1) is 0 Å². The van der Waals surface area contributed by atoms with Crippen molar-refractivity contribution in [2.45, 2.75) is 0 Å². The van der Waals surface area contributed by atoms with Gasteiger partial charge in [-0.25, -0.2) is 15.0 Å². The summed E-state index contributed by atoms with van der Waals surface area (Å²) >= 11 is 0. The number of aromatic nitrogens is 2. The van der Waals surface area contributed by atoms with Crippen molar-refractivity contribution in [2.24, 2.45) is 0 Å². The molecule has 0 bridgehead atoms. The van der Waals surface area contributed by atoms with Gasteiger partial charge in [0.25, 0.3) is 0 Å². The summed E-state index contributed by atoms with van der Waals surface area (Å²) in [5, 5.41) is 7.35. The van der Waals surface area contributed by atoms with Crippen molar-refractivity contribution in [1.82, 2.24) is 15.0 Å². The number of benzene rings is 2. The second-order valence-electron chi connectivity index (χ2n) is 5.14. The Bertz CT molecular complexity index is 794. The van der Waals surface area contributed by atoms with E-state index in [1.54, 1.807) is 5.01 Å². The van der Waals surface area contributed by atoms with Crippen LogP contribution in [0.5, 0.6) is 0 Å². The van der Waals surface area contributed by atoms with Crippen molar-refractivity contribution in [3.8, 4) is 0 Å². The maximum absolute atomic E-state index is 6.15. The smallest absolute Gasteiger partial charge is 0.169 e. The van der Waals surface area contributed by atoms with Crippen LogP contribution >= 0.6 is 0 Å². The summed E-state index contributed by atoms with van der Waals surface area (Å²) in [6.07, 6.45) is 1.48. The number of nitrogens with one attached hydrogen (secondary N) is 2. The number of anilines is 4. The molecule has 0 saturated heterocycles. The minimum absolute atomic E-state index is 0.476. The van der Waals surface area contributed by atoms with Crippen molar-refractivity contribution < 1.29 is 0 Å². The van der Waals surface area contributed by atoms with Crippen LogP contribution in [0.1, 0.15) is 0 Å². The van der Waals surface area contributed by atoms with Crippen LogP contribution in [-0.4, -0.2) is 29.1 Å². The second kappa shape index (κ2) is 5.87. The van der Waals surface area contributed by atoms with Gasteiger partial charge >= 0.3 is 0 Å². The molecule has 0 aliphatic rings. The monoisotopic (exact) mass is 294 g/mol. The molecule has 0 unspecified atom stereocenters.